The Balaban J connectivity index is 2.90. The molecule has 1 amide bonds. The highest BCUT2D eigenvalue weighted by atomic mass is 32.2. The molecule has 104 valence electrons. The van der Waals surface area contributed by atoms with Gasteiger partial charge in [0.1, 0.15) is 10.8 Å². The van der Waals surface area contributed by atoms with Crippen molar-refractivity contribution in [3.8, 4) is 0 Å². The van der Waals surface area contributed by atoms with Crippen LogP contribution >= 0.6 is 0 Å². The molecule has 0 spiro atoms. The average Bonchev–Trinajstić information content (AvgIpc) is 2.75. The second-order valence-electron chi connectivity index (χ2n) is 4.74. The van der Waals surface area contributed by atoms with E-state index in [2.05, 4.69) is 10.5 Å². The molecule has 0 saturated heterocycles. The topological polar surface area (TPSA) is 122 Å². The van der Waals surface area contributed by atoms with Crippen LogP contribution in [0.1, 0.15) is 32.6 Å². The van der Waals surface area contributed by atoms with Gasteiger partial charge in [-0.2, -0.15) is 0 Å². The lowest BCUT2D eigenvalue weighted by atomic mass is 9.96. The summed E-state index contributed by atoms with van der Waals surface area (Å²) in [6.07, 6.45) is 3.77. The van der Waals surface area contributed by atoms with Gasteiger partial charge in [-0.15, -0.1) is 0 Å². The number of nitrogens with zero attached hydrogens (tertiary/aromatic N) is 1. The van der Waals surface area contributed by atoms with E-state index in [4.69, 9.17) is 10.9 Å². The molecule has 1 atom stereocenters. The van der Waals surface area contributed by atoms with Crippen molar-refractivity contribution >= 4 is 21.6 Å². The number of carbonyl (C=O) groups is 1. The summed E-state index contributed by atoms with van der Waals surface area (Å²) in [6, 6.07) is 0. The molecule has 1 aliphatic rings. The van der Waals surface area contributed by atoms with Crippen molar-refractivity contribution < 1.29 is 18.4 Å². The van der Waals surface area contributed by atoms with Crippen LogP contribution in [0.15, 0.2) is 5.16 Å². The van der Waals surface area contributed by atoms with E-state index in [1.54, 1.807) is 0 Å². The zero-order valence-corrected chi connectivity index (χ0v) is 11.3. The summed E-state index contributed by atoms with van der Waals surface area (Å²) in [7, 11) is -3.46. The van der Waals surface area contributed by atoms with E-state index in [0.717, 1.165) is 19.1 Å². The molecule has 8 heteroatoms. The van der Waals surface area contributed by atoms with Crippen molar-refractivity contribution in [1.29, 1.82) is 0 Å². The van der Waals surface area contributed by atoms with E-state index in [9.17, 15) is 13.2 Å². The van der Waals surface area contributed by atoms with Gasteiger partial charge in [-0.25, -0.2) is 8.42 Å². The molecule has 0 radical (unpaired) electrons. The van der Waals surface area contributed by atoms with E-state index in [1.165, 1.54) is 6.92 Å². The van der Waals surface area contributed by atoms with Gasteiger partial charge in [0, 0.05) is 6.26 Å². The Labute approximate surface area is 106 Å². The maximum atomic E-state index is 11.9. The molecular weight excluding hydrogens is 258 g/mol. The Kier molecular flexibility index (Phi) is 4.20. The second kappa shape index (κ2) is 5.13. The summed E-state index contributed by atoms with van der Waals surface area (Å²) in [4.78, 5) is 11.9. The van der Waals surface area contributed by atoms with Gasteiger partial charge < -0.3 is 16.3 Å². The first-order valence-corrected chi connectivity index (χ1v) is 7.67. The Bertz CT molecular complexity index is 452. The van der Waals surface area contributed by atoms with Crippen molar-refractivity contribution in [1.82, 2.24) is 5.32 Å². The first-order valence-electron chi connectivity index (χ1n) is 5.72. The van der Waals surface area contributed by atoms with Crippen LogP contribution in [0, 0.1) is 0 Å². The zero-order chi connectivity index (χ0) is 14.0. The summed E-state index contributed by atoms with van der Waals surface area (Å²) >= 11 is 0. The molecule has 4 N–H and O–H groups in total. The molecule has 0 aromatic carbocycles. The van der Waals surface area contributed by atoms with Crippen LogP contribution in [0.25, 0.3) is 0 Å². The van der Waals surface area contributed by atoms with Crippen LogP contribution in [0.2, 0.25) is 0 Å². The molecule has 0 aliphatic heterocycles. The fourth-order valence-electron chi connectivity index (χ4n) is 2.05. The van der Waals surface area contributed by atoms with Crippen molar-refractivity contribution in [2.75, 3.05) is 6.26 Å². The monoisotopic (exact) mass is 277 g/mol. The largest absolute Gasteiger partial charge is 0.409 e. The zero-order valence-electron chi connectivity index (χ0n) is 10.5. The Morgan fingerprint density at radius 2 is 1.94 bits per heavy atom. The highest BCUT2D eigenvalue weighted by molar-refractivity contribution is 7.92. The third-order valence-corrected chi connectivity index (χ3v) is 4.93. The number of oxime groups is 1. The van der Waals surface area contributed by atoms with E-state index < -0.39 is 26.5 Å². The van der Waals surface area contributed by atoms with Crippen molar-refractivity contribution in [3.63, 3.8) is 0 Å². The van der Waals surface area contributed by atoms with Crippen LogP contribution < -0.4 is 11.1 Å². The number of sulfone groups is 1. The minimum atomic E-state index is -3.46. The van der Waals surface area contributed by atoms with E-state index >= 15 is 0 Å². The minimum Gasteiger partial charge on any atom is -0.409 e. The van der Waals surface area contributed by atoms with Gasteiger partial charge in [-0.1, -0.05) is 18.0 Å². The summed E-state index contributed by atoms with van der Waals surface area (Å²) < 4.78 is 22.6. The smallest absolute Gasteiger partial charge is 0.238 e. The van der Waals surface area contributed by atoms with Gasteiger partial charge in [0.05, 0.1) is 0 Å². The number of hydrogen-bond acceptors (Lipinski definition) is 5. The van der Waals surface area contributed by atoms with Crippen LogP contribution in [0.4, 0.5) is 0 Å². The van der Waals surface area contributed by atoms with Crippen molar-refractivity contribution in [3.05, 3.63) is 0 Å². The third-order valence-electron chi connectivity index (χ3n) is 3.43. The maximum Gasteiger partial charge on any atom is 0.238 e. The Morgan fingerprint density at radius 1 is 1.44 bits per heavy atom. The quantitative estimate of drug-likeness (QED) is 0.279. The normalized spacial score (nSPS) is 21.6. The highest BCUT2D eigenvalue weighted by Crippen LogP contribution is 2.30. The molecular formula is C10H19N3O4S. The van der Waals surface area contributed by atoms with Crippen LogP contribution in [-0.2, 0) is 14.6 Å². The molecule has 0 aromatic heterocycles. The summed E-state index contributed by atoms with van der Waals surface area (Å²) in [6.45, 7) is 1.32. The molecule has 1 aliphatic carbocycles. The lowest BCUT2D eigenvalue weighted by Gasteiger charge is -2.29. The molecule has 0 aromatic rings. The molecule has 1 rings (SSSR count). The number of carbonyl (C=O) groups excluding carboxylic acids is 1. The van der Waals surface area contributed by atoms with Crippen LogP contribution in [-0.4, -0.2) is 42.4 Å². The maximum absolute atomic E-state index is 11.9. The van der Waals surface area contributed by atoms with E-state index in [1.807, 2.05) is 0 Å². The van der Waals surface area contributed by atoms with Gasteiger partial charge in [-0.05, 0) is 19.8 Å². The predicted molar refractivity (Wildman–Crippen MR) is 67.1 cm³/mol. The number of amides is 1. The number of nitrogens with one attached hydrogen (secondary N) is 1. The van der Waals surface area contributed by atoms with Crippen molar-refractivity contribution in [2.24, 2.45) is 10.9 Å². The highest BCUT2D eigenvalue weighted by Gasteiger charge is 2.41. The minimum absolute atomic E-state index is 0.0750. The summed E-state index contributed by atoms with van der Waals surface area (Å²) in [5, 5.41) is 13.2. The fourth-order valence-corrected chi connectivity index (χ4v) is 2.50. The number of nitrogens with two attached hydrogens (primary N) is 1. The lowest BCUT2D eigenvalue weighted by Crippen LogP contribution is -2.58. The van der Waals surface area contributed by atoms with Crippen LogP contribution in [0.5, 0.6) is 0 Å². The molecule has 7 nitrogen and oxygen atoms in total. The average molecular weight is 277 g/mol. The number of hydrogen-bond donors (Lipinski definition) is 3. The fraction of sp³-hybridized carbons (Fsp3) is 0.800. The van der Waals surface area contributed by atoms with E-state index in [0.29, 0.717) is 12.8 Å². The van der Waals surface area contributed by atoms with E-state index in [-0.39, 0.29) is 5.84 Å². The Hall–Kier alpha value is -1.31. The van der Waals surface area contributed by atoms with Gasteiger partial charge >= 0.3 is 0 Å². The first-order chi connectivity index (χ1) is 8.23. The number of rotatable bonds is 4. The van der Waals surface area contributed by atoms with Gasteiger partial charge in [0.15, 0.2) is 15.7 Å². The molecule has 1 saturated carbocycles. The molecule has 18 heavy (non-hydrogen) atoms. The number of amidine groups is 1. The first kappa shape index (κ1) is 14.7. The predicted octanol–water partition coefficient (Wildman–Crippen LogP) is -0.405. The summed E-state index contributed by atoms with van der Waals surface area (Å²) in [5.41, 5.74) is 4.69. The SMILES string of the molecule is CC(C(=O)NC1(C(N)=NO)CCCC1)S(C)(=O)=O. The molecule has 0 heterocycles. The lowest BCUT2D eigenvalue weighted by molar-refractivity contribution is -0.121. The third kappa shape index (κ3) is 2.92. The van der Waals surface area contributed by atoms with Gasteiger partial charge in [0.25, 0.3) is 0 Å². The molecule has 1 unspecified atom stereocenters. The van der Waals surface area contributed by atoms with Crippen molar-refractivity contribution in [2.45, 2.75) is 43.4 Å². The molecule has 0 bridgehead atoms. The Morgan fingerprint density at radius 3 is 2.33 bits per heavy atom. The van der Waals surface area contributed by atoms with Gasteiger partial charge in [0.2, 0.25) is 5.91 Å². The van der Waals surface area contributed by atoms with Gasteiger partial charge in [-0.3, -0.25) is 4.79 Å². The summed E-state index contributed by atoms with van der Waals surface area (Å²) in [5.74, 6) is -0.694. The van der Waals surface area contributed by atoms with Crippen LogP contribution in [0.3, 0.4) is 0 Å². The second-order valence-corrected chi connectivity index (χ2v) is 7.10. The molecule has 1 fully saturated rings. The standard InChI is InChI=1S/C10H19N3O4S/c1-7(18(2,16)17)8(14)12-10(9(11)13-15)5-3-4-6-10/h7,15H,3-6H2,1-2H3,(H2,11,13)(H,12,14).